The van der Waals surface area contributed by atoms with Crippen molar-refractivity contribution in [2.24, 2.45) is 10.9 Å². The van der Waals surface area contributed by atoms with Crippen molar-refractivity contribution in [1.29, 1.82) is 0 Å². The maximum absolute atomic E-state index is 13.2. The second-order valence-corrected chi connectivity index (χ2v) is 11.4. The molecule has 0 spiro atoms. The lowest BCUT2D eigenvalue weighted by molar-refractivity contribution is 0.292. The van der Waals surface area contributed by atoms with E-state index in [2.05, 4.69) is 34.4 Å². The van der Waals surface area contributed by atoms with E-state index in [1.807, 2.05) is 30.3 Å². The van der Waals surface area contributed by atoms with Gasteiger partial charge in [-0.25, -0.2) is 9.98 Å². The van der Waals surface area contributed by atoms with Crippen LogP contribution in [0, 0.1) is 5.92 Å². The van der Waals surface area contributed by atoms with Crippen LogP contribution in [0.25, 0.3) is 10.9 Å². The highest BCUT2D eigenvalue weighted by Gasteiger charge is 2.25. The molecule has 0 amide bonds. The first-order chi connectivity index (χ1) is 18.4. The van der Waals surface area contributed by atoms with E-state index in [4.69, 9.17) is 28.2 Å². The van der Waals surface area contributed by atoms with Crippen LogP contribution in [0.1, 0.15) is 45.1 Å². The quantitative estimate of drug-likeness (QED) is 0.317. The number of halogens is 2. The third-order valence-corrected chi connectivity index (χ3v) is 8.62. The van der Waals surface area contributed by atoms with Crippen molar-refractivity contribution in [3.05, 3.63) is 68.7 Å². The maximum atomic E-state index is 13.2. The lowest BCUT2D eigenvalue weighted by Crippen LogP contribution is -2.53. The van der Waals surface area contributed by atoms with Crippen LogP contribution in [0.4, 0.5) is 5.69 Å². The second-order valence-electron chi connectivity index (χ2n) is 10.6. The summed E-state index contributed by atoms with van der Waals surface area (Å²) in [5, 5.41) is 8.75. The van der Waals surface area contributed by atoms with Gasteiger partial charge in [-0.15, -0.1) is 0 Å². The van der Waals surface area contributed by atoms with Gasteiger partial charge in [0.2, 0.25) is 0 Å². The zero-order chi connectivity index (χ0) is 26.6. The zero-order valence-corrected chi connectivity index (χ0v) is 23.6. The molecule has 7 nitrogen and oxygen atoms in total. The summed E-state index contributed by atoms with van der Waals surface area (Å²) in [4.78, 5) is 25.4. The van der Waals surface area contributed by atoms with E-state index in [1.165, 1.54) is 19.3 Å². The Labute approximate surface area is 234 Å². The number of fused-ring (bicyclic) bond motifs is 1. The lowest BCUT2D eigenvalue weighted by Gasteiger charge is -2.36. The summed E-state index contributed by atoms with van der Waals surface area (Å²) in [6.45, 7) is 7.74. The van der Waals surface area contributed by atoms with E-state index in [-0.39, 0.29) is 5.56 Å². The monoisotopic (exact) mass is 554 g/mol. The Morgan fingerprint density at radius 1 is 1.18 bits per heavy atom. The van der Waals surface area contributed by atoms with Crippen molar-refractivity contribution in [2.75, 3.05) is 25.0 Å². The summed E-state index contributed by atoms with van der Waals surface area (Å²) in [6.07, 6.45) is 7.10. The summed E-state index contributed by atoms with van der Waals surface area (Å²) in [5.74, 6) is 1.50. The van der Waals surface area contributed by atoms with E-state index in [0.717, 1.165) is 43.3 Å². The third kappa shape index (κ3) is 6.16. The van der Waals surface area contributed by atoms with Crippen molar-refractivity contribution in [3.63, 3.8) is 0 Å². The molecule has 9 heteroatoms. The van der Waals surface area contributed by atoms with E-state index in [9.17, 15) is 4.79 Å². The highest BCUT2D eigenvalue weighted by molar-refractivity contribution is 6.42. The highest BCUT2D eigenvalue weighted by atomic mass is 35.5. The van der Waals surface area contributed by atoms with E-state index in [0.29, 0.717) is 51.9 Å². The summed E-state index contributed by atoms with van der Waals surface area (Å²) in [7, 11) is 0. The molecule has 202 valence electrons. The van der Waals surface area contributed by atoms with Crippen LogP contribution in [-0.2, 0) is 13.0 Å². The van der Waals surface area contributed by atoms with E-state index in [1.54, 1.807) is 17.0 Å². The van der Waals surface area contributed by atoms with Gasteiger partial charge in [0.25, 0.3) is 5.56 Å². The van der Waals surface area contributed by atoms with Crippen LogP contribution in [0.2, 0.25) is 10.0 Å². The Morgan fingerprint density at radius 2 is 2.03 bits per heavy atom. The molecule has 1 aromatic heterocycles. The molecule has 3 aromatic rings. The van der Waals surface area contributed by atoms with Crippen LogP contribution in [0.3, 0.4) is 0 Å². The first-order valence-corrected chi connectivity index (χ1v) is 14.4. The molecule has 1 saturated heterocycles. The van der Waals surface area contributed by atoms with Crippen LogP contribution in [0.15, 0.2) is 52.5 Å². The van der Waals surface area contributed by atoms with Gasteiger partial charge in [-0.3, -0.25) is 9.36 Å². The summed E-state index contributed by atoms with van der Waals surface area (Å²) in [6, 6.07) is 12.0. The molecule has 3 atom stereocenters. The van der Waals surface area contributed by atoms with Crippen molar-refractivity contribution in [2.45, 2.75) is 64.6 Å². The number of aromatic nitrogens is 2. The Bertz CT molecular complexity index is 1370. The van der Waals surface area contributed by atoms with Gasteiger partial charge in [-0.05, 0) is 61.9 Å². The van der Waals surface area contributed by atoms with E-state index < -0.39 is 0 Å². The molecule has 2 heterocycles. The molecule has 2 aliphatic rings. The van der Waals surface area contributed by atoms with Crippen molar-refractivity contribution < 1.29 is 0 Å². The Kier molecular flexibility index (Phi) is 8.56. The minimum atomic E-state index is -0.0689. The number of nitrogens with zero attached hydrogens (tertiary/aromatic N) is 4. The summed E-state index contributed by atoms with van der Waals surface area (Å²) < 4.78 is 1.63. The van der Waals surface area contributed by atoms with Crippen LogP contribution in [0.5, 0.6) is 0 Å². The number of nitrogens with one attached hydrogen (secondary N) is 2. The molecule has 2 unspecified atom stereocenters. The average Bonchev–Trinajstić information content (AvgIpc) is 2.91. The van der Waals surface area contributed by atoms with Crippen LogP contribution >= 0.6 is 23.2 Å². The average molecular weight is 556 g/mol. The fraction of sp³-hybridized carbons (Fsp3) is 0.483. The van der Waals surface area contributed by atoms with Crippen molar-refractivity contribution in [1.82, 2.24) is 19.8 Å². The standard InChI is InChI=1S/C29H36Cl2N6O/c1-19-6-3-4-9-25(19)35-29(36-15-13-32-20(2)17-36)34-22-10-11-23-26(16-22)33-18-37(28(23)38)14-12-21-7-5-8-24(30)27(21)31/h5,7-8,10-11,16,18-20,25,32H,3-4,6,9,12-15,17H2,1-2H3,(H,34,35)/t19?,20-,25?/m0/s1. The lowest BCUT2D eigenvalue weighted by atomic mass is 9.86. The number of aliphatic imine (C=N–C) groups is 1. The van der Waals surface area contributed by atoms with Gasteiger partial charge in [0.15, 0.2) is 5.96 Å². The number of guanidine groups is 1. The van der Waals surface area contributed by atoms with Gasteiger partial charge in [-0.1, -0.05) is 55.1 Å². The van der Waals surface area contributed by atoms with Gasteiger partial charge in [0, 0.05) is 37.9 Å². The first kappa shape index (κ1) is 27.0. The van der Waals surface area contributed by atoms with Gasteiger partial charge >= 0.3 is 0 Å². The largest absolute Gasteiger partial charge is 0.340 e. The van der Waals surface area contributed by atoms with Gasteiger partial charge in [-0.2, -0.15) is 0 Å². The molecular weight excluding hydrogens is 519 g/mol. The van der Waals surface area contributed by atoms with Crippen molar-refractivity contribution in [3.8, 4) is 0 Å². The SMILES string of the molecule is CC1CCCCC1N=C(Nc1ccc2c(=O)n(CCc3cccc(Cl)c3Cl)cnc2c1)N1CCN[C@@H](C)C1. The molecule has 2 N–H and O–H groups in total. The van der Waals surface area contributed by atoms with Crippen LogP contribution < -0.4 is 16.2 Å². The third-order valence-electron chi connectivity index (χ3n) is 7.76. The number of aryl methyl sites for hydroxylation is 2. The predicted molar refractivity (Wildman–Crippen MR) is 158 cm³/mol. The molecular formula is C29H36Cl2N6O. The van der Waals surface area contributed by atoms with Gasteiger partial charge < -0.3 is 15.5 Å². The fourth-order valence-electron chi connectivity index (χ4n) is 5.47. The normalized spacial score (nSPS) is 22.6. The molecule has 0 bridgehead atoms. The number of rotatable bonds is 5. The predicted octanol–water partition coefficient (Wildman–Crippen LogP) is 5.59. The number of piperazine rings is 1. The van der Waals surface area contributed by atoms with Gasteiger partial charge in [0.05, 0.1) is 33.3 Å². The molecule has 5 rings (SSSR count). The minimum absolute atomic E-state index is 0.0689. The van der Waals surface area contributed by atoms with Gasteiger partial charge in [0.1, 0.15) is 0 Å². The Morgan fingerprint density at radius 3 is 2.84 bits per heavy atom. The molecule has 1 aliphatic heterocycles. The Balaban J connectivity index is 1.37. The second kappa shape index (κ2) is 12.1. The maximum Gasteiger partial charge on any atom is 0.261 e. The number of benzene rings is 2. The first-order valence-electron chi connectivity index (χ1n) is 13.6. The number of hydrogen-bond acceptors (Lipinski definition) is 4. The smallest absolute Gasteiger partial charge is 0.261 e. The number of hydrogen-bond donors (Lipinski definition) is 2. The molecule has 1 aliphatic carbocycles. The minimum Gasteiger partial charge on any atom is -0.340 e. The van der Waals surface area contributed by atoms with Crippen molar-refractivity contribution >= 4 is 45.8 Å². The molecule has 38 heavy (non-hydrogen) atoms. The molecule has 1 saturated carbocycles. The molecule has 2 aromatic carbocycles. The fourth-order valence-corrected chi connectivity index (χ4v) is 5.88. The topological polar surface area (TPSA) is 74.5 Å². The summed E-state index contributed by atoms with van der Waals surface area (Å²) in [5.41, 5.74) is 2.39. The molecule has 0 radical (unpaired) electrons. The number of anilines is 1. The zero-order valence-electron chi connectivity index (χ0n) is 22.1. The molecule has 2 fully saturated rings. The Hall–Kier alpha value is -2.61. The van der Waals surface area contributed by atoms with Crippen LogP contribution in [-0.4, -0.2) is 52.1 Å². The summed E-state index contributed by atoms with van der Waals surface area (Å²) >= 11 is 12.5. The van der Waals surface area contributed by atoms with E-state index >= 15 is 0 Å². The highest BCUT2D eigenvalue weighted by Crippen LogP contribution is 2.28.